The van der Waals surface area contributed by atoms with Gasteiger partial charge in [-0.05, 0) is 36.6 Å². The number of ether oxygens (including phenoxy) is 1. The van der Waals surface area contributed by atoms with E-state index in [0.29, 0.717) is 6.54 Å². The monoisotopic (exact) mass is 326 g/mol. The molecule has 1 aromatic carbocycles. The van der Waals surface area contributed by atoms with Crippen molar-refractivity contribution in [2.24, 2.45) is 0 Å². The number of hydrogen-bond acceptors (Lipinski definition) is 4. The second-order valence-corrected chi connectivity index (χ2v) is 6.39. The molecule has 0 saturated heterocycles. The van der Waals surface area contributed by atoms with Crippen LogP contribution in [0.4, 0.5) is 5.69 Å². The number of rotatable bonds is 3. The second-order valence-electron chi connectivity index (χ2n) is 6.39. The van der Waals surface area contributed by atoms with Gasteiger partial charge >= 0.3 is 0 Å². The third kappa shape index (κ3) is 2.78. The smallest absolute Gasteiger partial charge is 0.241 e. The minimum absolute atomic E-state index is 0.168. The van der Waals surface area contributed by atoms with Gasteiger partial charge in [0, 0.05) is 37.7 Å². The van der Waals surface area contributed by atoms with Crippen molar-refractivity contribution in [3.8, 4) is 5.75 Å². The average Bonchev–Trinajstić information content (AvgIpc) is 3.08. The molecule has 0 fully saturated rings. The third-order valence-corrected chi connectivity index (χ3v) is 4.89. The van der Waals surface area contributed by atoms with Crippen molar-refractivity contribution < 1.29 is 9.53 Å². The van der Waals surface area contributed by atoms with E-state index in [9.17, 15) is 4.79 Å². The van der Waals surface area contributed by atoms with Gasteiger partial charge in [0.05, 0.1) is 20.2 Å². The summed E-state index contributed by atoms with van der Waals surface area (Å²) < 4.78 is 7.46. The van der Waals surface area contributed by atoms with E-state index in [1.807, 2.05) is 35.5 Å². The maximum atomic E-state index is 12.9. The molecule has 0 bridgehead atoms. The van der Waals surface area contributed by atoms with Crippen LogP contribution in [0.25, 0.3) is 0 Å². The molecule has 1 amide bonds. The Morgan fingerprint density at radius 1 is 1.29 bits per heavy atom. The van der Waals surface area contributed by atoms with Crippen molar-refractivity contribution in [1.29, 1.82) is 0 Å². The lowest BCUT2D eigenvalue weighted by molar-refractivity contribution is -0.120. The summed E-state index contributed by atoms with van der Waals surface area (Å²) in [4.78, 5) is 21.3. The lowest BCUT2D eigenvalue weighted by Crippen LogP contribution is -2.45. The van der Waals surface area contributed by atoms with Crippen LogP contribution in [0.2, 0.25) is 0 Å². The fourth-order valence-electron chi connectivity index (χ4n) is 3.59. The number of fused-ring (bicyclic) bond motifs is 2. The first-order chi connectivity index (χ1) is 11.7. The topological polar surface area (TPSA) is 50.6 Å². The molecule has 2 aliphatic heterocycles. The summed E-state index contributed by atoms with van der Waals surface area (Å²) in [6.07, 6.45) is 5.82. The number of nitrogens with zero attached hydrogens (tertiary/aromatic N) is 4. The fourth-order valence-corrected chi connectivity index (χ4v) is 3.59. The van der Waals surface area contributed by atoms with Crippen molar-refractivity contribution in [2.75, 3.05) is 31.6 Å². The Bertz CT molecular complexity index is 755. The molecule has 4 rings (SSSR count). The van der Waals surface area contributed by atoms with Crippen molar-refractivity contribution >= 4 is 11.6 Å². The average molecular weight is 326 g/mol. The zero-order chi connectivity index (χ0) is 16.5. The summed E-state index contributed by atoms with van der Waals surface area (Å²) >= 11 is 0. The van der Waals surface area contributed by atoms with Gasteiger partial charge in [0.15, 0.2) is 0 Å². The van der Waals surface area contributed by atoms with Gasteiger partial charge in [-0.3, -0.25) is 9.69 Å². The van der Waals surface area contributed by atoms with Crippen molar-refractivity contribution in [3.05, 3.63) is 42.0 Å². The molecular weight excluding hydrogens is 304 g/mol. The molecule has 2 aliphatic rings. The molecule has 3 heterocycles. The number of amides is 1. The first-order valence-corrected chi connectivity index (χ1v) is 8.44. The summed E-state index contributed by atoms with van der Waals surface area (Å²) in [7, 11) is 1.67. The molecule has 0 aliphatic carbocycles. The fraction of sp³-hybridized carbons (Fsp3) is 0.444. The first kappa shape index (κ1) is 15.2. The molecule has 0 saturated carbocycles. The highest BCUT2D eigenvalue weighted by atomic mass is 16.5. The lowest BCUT2D eigenvalue weighted by atomic mass is 10.0. The minimum atomic E-state index is 0.168. The molecule has 126 valence electrons. The van der Waals surface area contributed by atoms with E-state index in [1.54, 1.807) is 7.11 Å². The van der Waals surface area contributed by atoms with Gasteiger partial charge in [-0.25, -0.2) is 4.98 Å². The predicted octanol–water partition coefficient (Wildman–Crippen LogP) is 1.69. The highest BCUT2D eigenvalue weighted by Crippen LogP contribution is 2.30. The van der Waals surface area contributed by atoms with Crippen LogP contribution in [-0.2, 0) is 24.3 Å². The SMILES string of the molecule is COc1ccc2c(c1)CCCN2C(=O)CN1CCn2ccnc2C1. The van der Waals surface area contributed by atoms with E-state index in [-0.39, 0.29) is 5.91 Å². The number of carbonyl (C=O) groups is 1. The van der Waals surface area contributed by atoms with Crippen molar-refractivity contribution in [1.82, 2.24) is 14.5 Å². The largest absolute Gasteiger partial charge is 0.497 e. The maximum Gasteiger partial charge on any atom is 0.241 e. The van der Waals surface area contributed by atoms with Crippen LogP contribution in [-0.4, -0.2) is 47.1 Å². The van der Waals surface area contributed by atoms with Crippen LogP contribution < -0.4 is 9.64 Å². The molecule has 2 aromatic rings. The highest BCUT2D eigenvalue weighted by molar-refractivity contribution is 5.96. The third-order valence-electron chi connectivity index (χ3n) is 4.89. The van der Waals surface area contributed by atoms with Gasteiger partial charge in [0.1, 0.15) is 11.6 Å². The van der Waals surface area contributed by atoms with Crippen LogP contribution in [0.5, 0.6) is 5.75 Å². The number of hydrogen-bond donors (Lipinski definition) is 0. The van der Waals surface area contributed by atoms with Crippen LogP contribution in [0.15, 0.2) is 30.6 Å². The Balaban J connectivity index is 1.48. The van der Waals surface area contributed by atoms with Gasteiger partial charge in [-0.15, -0.1) is 0 Å². The predicted molar refractivity (Wildman–Crippen MR) is 91.2 cm³/mol. The molecule has 6 nitrogen and oxygen atoms in total. The Labute approximate surface area is 141 Å². The molecule has 0 radical (unpaired) electrons. The standard InChI is InChI=1S/C18H22N4O2/c1-24-15-4-5-16-14(11-15)3-2-7-22(16)18(23)13-20-9-10-21-8-6-19-17(21)12-20/h4-6,8,11H,2-3,7,9-10,12-13H2,1H3. The Morgan fingerprint density at radius 3 is 3.08 bits per heavy atom. The van der Waals surface area contributed by atoms with E-state index in [1.165, 1.54) is 5.56 Å². The summed E-state index contributed by atoms with van der Waals surface area (Å²) in [6, 6.07) is 5.99. The lowest BCUT2D eigenvalue weighted by Gasteiger charge is -2.33. The Hall–Kier alpha value is -2.34. The molecule has 0 N–H and O–H groups in total. The van der Waals surface area contributed by atoms with Gasteiger partial charge in [-0.1, -0.05) is 0 Å². The van der Waals surface area contributed by atoms with Crippen LogP contribution in [0, 0.1) is 0 Å². The zero-order valence-electron chi connectivity index (χ0n) is 13.9. The zero-order valence-corrected chi connectivity index (χ0v) is 13.9. The van der Waals surface area contributed by atoms with E-state index in [2.05, 4.69) is 14.5 Å². The van der Waals surface area contributed by atoms with Crippen LogP contribution in [0.1, 0.15) is 17.8 Å². The molecule has 0 unspecified atom stereocenters. The Morgan fingerprint density at radius 2 is 2.21 bits per heavy atom. The quantitative estimate of drug-likeness (QED) is 0.861. The van der Waals surface area contributed by atoms with Gasteiger partial charge in [0.2, 0.25) is 5.91 Å². The van der Waals surface area contributed by atoms with E-state index >= 15 is 0 Å². The summed E-state index contributed by atoms with van der Waals surface area (Å²) in [6.45, 7) is 3.76. The van der Waals surface area contributed by atoms with Crippen molar-refractivity contribution in [2.45, 2.75) is 25.9 Å². The van der Waals surface area contributed by atoms with Gasteiger partial charge in [-0.2, -0.15) is 0 Å². The molecule has 0 atom stereocenters. The van der Waals surface area contributed by atoms with Crippen LogP contribution >= 0.6 is 0 Å². The molecular formula is C18H22N4O2. The normalized spacial score (nSPS) is 17.3. The number of benzene rings is 1. The van der Waals surface area contributed by atoms with E-state index in [4.69, 9.17) is 4.74 Å². The second kappa shape index (κ2) is 6.28. The molecule has 1 aromatic heterocycles. The number of aromatic nitrogens is 2. The van der Waals surface area contributed by atoms with Crippen molar-refractivity contribution in [3.63, 3.8) is 0 Å². The maximum absolute atomic E-state index is 12.9. The first-order valence-electron chi connectivity index (χ1n) is 8.44. The van der Waals surface area contributed by atoms with Gasteiger partial charge in [0.25, 0.3) is 0 Å². The van der Waals surface area contributed by atoms with E-state index < -0.39 is 0 Å². The van der Waals surface area contributed by atoms with Crippen LogP contribution in [0.3, 0.4) is 0 Å². The number of anilines is 1. The van der Waals surface area contributed by atoms with E-state index in [0.717, 1.165) is 56.3 Å². The molecule has 6 heteroatoms. The highest BCUT2D eigenvalue weighted by Gasteiger charge is 2.26. The summed E-state index contributed by atoms with van der Waals surface area (Å²) in [5, 5.41) is 0. The minimum Gasteiger partial charge on any atom is -0.497 e. The molecule has 24 heavy (non-hydrogen) atoms. The summed E-state index contributed by atoms with van der Waals surface area (Å²) in [5.41, 5.74) is 2.23. The number of carbonyl (C=O) groups excluding carboxylic acids is 1. The Kier molecular flexibility index (Phi) is 3.98. The van der Waals surface area contributed by atoms with Gasteiger partial charge < -0.3 is 14.2 Å². The number of methoxy groups -OCH3 is 1. The molecule has 0 spiro atoms. The number of imidazole rings is 1. The summed E-state index contributed by atoms with van der Waals surface area (Å²) in [5.74, 6) is 2.06. The number of aryl methyl sites for hydroxylation is 1.